The Labute approximate surface area is 186 Å². The maximum Gasteiger partial charge on any atom is 0.243 e. The molecule has 2 unspecified atom stereocenters. The van der Waals surface area contributed by atoms with Crippen molar-refractivity contribution in [2.75, 3.05) is 19.7 Å². The molecule has 1 aliphatic rings. The zero-order valence-corrected chi connectivity index (χ0v) is 19.6. The lowest BCUT2D eigenvalue weighted by Crippen LogP contribution is -2.45. The van der Waals surface area contributed by atoms with Crippen LogP contribution in [0, 0.1) is 5.92 Å². The smallest absolute Gasteiger partial charge is 0.243 e. The van der Waals surface area contributed by atoms with Gasteiger partial charge in [-0.15, -0.1) is 0 Å². The number of halogens is 1. The van der Waals surface area contributed by atoms with Crippen LogP contribution in [0.4, 0.5) is 0 Å². The molecule has 8 heteroatoms. The Kier molecular flexibility index (Phi) is 7.55. The maximum absolute atomic E-state index is 13.0. The van der Waals surface area contributed by atoms with E-state index in [4.69, 9.17) is 4.74 Å². The Morgan fingerprint density at radius 2 is 1.87 bits per heavy atom. The first-order chi connectivity index (χ1) is 14.3. The van der Waals surface area contributed by atoms with Gasteiger partial charge in [-0.25, -0.2) is 8.42 Å². The third-order valence-electron chi connectivity index (χ3n) is 5.26. The summed E-state index contributed by atoms with van der Waals surface area (Å²) in [5.41, 5.74) is 0.974. The summed E-state index contributed by atoms with van der Waals surface area (Å²) in [5.74, 6) is 0.307. The minimum Gasteiger partial charge on any atom is -0.494 e. The predicted molar refractivity (Wildman–Crippen MR) is 120 cm³/mol. The van der Waals surface area contributed by atoms with Gasteiger partial charge in [0.15, 0.2) is 0 Å². The third kappa shape index (κ3) is 5.42. The fraction of sp³-hybridized carbons (Fsp3) is 0.409. The number of carbonyl (C=O) groups excluding carboxylic acids is 1. The number of benzene rings is 2. The topological polar surface area (TPSA) is 75.7 Å². The van der Waals surface area contributed by atoms with Gasteiger partial charge in [0.2, 0.25) is 15.9 Å². The SMILES string of the molecule is CCOc1ccc(C(C)NC(=O)C2CCCN(S(=O)(=O)c3ccc(Br)cc3)C2)cc1. The van der Waals surface area contributed by atoms with Crippen LogP contribution in [-0.2, 0) is 14.8 Å². The van der Waals surface area contributed by atoms with Crippen LogP contribution in [0.3, 0.4) is 0 Å². The highest BCUT2D eigenvalue weighted by Gasteiger charge is 2.33. The number of nitrogens with zero attached hydrogens (tertiary/aromatic N) is 1. The Hall–Kier alpha value is -1.90. The summed E-state index contributed by atoms with van der Waals surface area (Å²) in [5, 5.41) is 3.03. The van der Waals surface area contributed by atoms with Crippen molar-refractivity contribution in [3.05, 3.63) is 58.6 Å². The lowest BCUT2D eigenvalue weighted by Gasteiger charge is -2.32. The van der Waals surface area contributed by atoms with Gasteiger partial charge in [0.25, 0.3) is 0 Å². The Bertz CT molecular complexity index is 962. The first kappa shape index (κ1) is 22.8. The van der Waals surface area contributed by atoms with Crippen molar-refractivity contribution < 1.29 is 17.9 Å². The first-order valence-corrected chi connectivity index (χ1v) is 12.3. The van der Waals surface area contributed by atoms with Gasteiger partial charge < -0.3 is 10.1 Å². The van der Waals surface area contributed by atoms with Crippen LogP contribution in [0.2, 0.25) is 0 Å². The fourth-order valence-corrected chi connectivity index (χ4v) is 5.35. The van der Waals surface area contributed by atoms with E-state index in [1.165, 1.54) is 4.31 Å². The molecule has 1 saturated heterocycles. The molecule has 1 N–H and O–H groups in total. The van der Waals surface area contributed by atoms with E-state index in [-0.39, 0.29) is 29.3 Å². The first-order valence-electron chi connectivity index (χ1n) is 10.1. The van der Waals surface area contributed by atoms with Gasteiger partial charge in [0, 0.05) is 17.6 Å². The number of hydrogen-bond donors (Lipinski definition) is 1. The summed E-state index contributed by atoms with van der Waals surface area (Å²) in [6, 6.07) is 14.0. The van der Waals surface area contributed by atoms with Crippen molar-refractivity contribution >= 4 is 31.9 Å². The van der Waals surface area contributed by atoms with Crippen LogP contribution in [0.1, 0.15) is 38.3 Å². The van der Waals surface area contributed by atoms with Crippen LogP contribution >= 0.6 is 15.9 Å². The molecule has 30 heavy (non-hydrogen) atoms. The van der Waals surface area contributed by atoms with E-state index >= 15 is 0 Å². The van der Waals surface area contributed by atoms with Crippen LogP contribution in [0.5, 0.6) is 5.75 Å². The molecule has 162 valence electrons. The molecule has 0 radical (unpaired) electrons. The fourth-order valence-electron chi connectivity index (χ4n) is 3.56. The summed E-state index contributed by atoms with van der Waals surface area (Å²) < 4.78 is 33.6. The highest BCUT2D eigenvalue weighted by molar-refractivity contribution is 9.10. The number of sulfonamides is 1. The van der Waals surface area contributed by atoms with E-state index in [9.17, 15) is 13.2 Å². The highest BCUT2D eigenvalue weighted by Crippen LogP contribution is 2.26. The Balaban J connectivity index is 1.64. The molecule has 0 saturated carbocycles. The van der Waals surface area contributed by atoms with Crippen LogP contribution in [0.25, 0.3) is 0 Å². The second-order valence-electron chi connectivity index (χ2n) is 7.39. The summed E-state index contributed by atoms with van der Waals surface area (Å²) in [6.45, 7) is 5.08. The zero-order chi connectivity index (χ0) is 21.7. The molecular formula is C22H27BrN2O4S. The minimum atomic E-state index is -3.62. The number of ether oxygens (including phenoxy) is 1. The molecule has 2 aromatic rings. The molecule has 0 spiro atoms. The molecule has 0 aliphatic carbocycles. The van der Waals surface area contributed by atoms with Crippen LogP contribution in [-0.4, -0.2) is 38.3 Å². The number of rotatable bonds is 7. The van der Waals surface area contributed by atoms with Crippen molar-refractivity contribution in [2.24, 2.45) is 5.92 Å². The Morgan fingerprint density at radius 1 is 1.20 bits per heavy atom. The molecule has 2 atom stereocenters. The van der Waals surface area contributed by atoms with E-state index in [0.29, 0.717) is 26.0 Å². The van der Waals surface area contributed by atoms with E-state index in [2.05, 4.69) is 21.2 Å². The number of hydrogen-bond acceptors (Lipinski definition) is 4. The summed E-state index contributed by atoms with van der Waals surface area (Å²) in [6.07, 6.45) is 1.33. The molecule has 1 fully saturated rings. The zero-order valence-electron chi connectivity index (χ0n) is 17.2. The van der Waals surface area contributed by atoms with Gasteiger partial charge in [0.1, 0.15) is 5.75 Å². The highest BCUT2D eigenvalue weighted by atomic mass is 79.9. The lowest BCUT2D eigenvalue weighted by atomic mass is 9.98. The van der Waals surface area contributed by atoms with Gasteiger partial charge in [-0.1, -0.05) is 28.1 Å². The normalized spacial score (nSPS) is 18.6. The molecule has 0 bridgehead atoms. The number of piperidine rings is 1. The number of amides is 1. The number of carbonyl (C=O) groups is 1. The molecular weight excluding hydrogens is 468 g/mol. The van der Waals surface area contributed by atoms with E-state index in [1.54, 1.807) is 24.3 Å². The summed E-state index contributed by atoms with van der Waals surface area (Å²) >= 11 is 3.32. The summed E-state index contributed by atoms with van der Waals surface area (Å²) in [7, 11) is -3.62. The van der Waals surface area contributed by atoms with Crippen molar-refractivity contribution in [3.63, 3.8) is 0 Å². The molecule has 1 aliphatic heterocycles. The van der Waals surface area contributed by atoms with Crippen molar-refractivity contribution in [1.82, 2.24) is 9.62 Å². The maximum atomic E-state index is 13.0. The number of nitrogens with one attached hydrogen (secondary N) is 1. The van der Waals surface area contributed by atoms with E-state index < -0.39 is 10.0 Å². The van der Waals surface area contributed by atoms with Gasteiger partial charge in [-0.2, -0.15) is 4.31 Å². The molecule has 2 aromatic carbocycles. The largest absolute Gasteiger partial charge is 0.494 e. The molecule has 1 heterocycles. The van der Waals surface area contributed by atoms with E-state index in [1.807, 2.05) is 38.1 Å². The van der Waals surface area contributed by atoms with Crippen LogP contribution < -0.4 is 10.1 Å². The van der Waals surface area contributed by atoms with Crippen molar-refractivity contribution in [2.45, 2.75) is 37.6 Å². The predicted octanol–water partition coefficient (Wildman–Crippen LogP) is 4.13. The van der Waals surface area contributed by atoms with Crippen molar-refractivity contribution in [1.29, 1.82) is 0 Å². The third-order valence-corrected chi connectivity index (χ3v) is 7.66. The quantitative estimate of drug-likeness (QED) is 0.627. The van der Waals surface area contributed by atoms with Gasteiger partial charge >= 0.3 is 0 Å². The lowest BCUT2D eigenvalue weighted by molar-refractivity contribution is -0.126. The second kappa shape index (κ2) is 9.94. The second-order valence-corrected chi connectivity index (χ2v) is 10.2. The molecule has 1 amide bonds. The van der Waals surface area contributed by atoms with E-state index in [0.717, 1.165) is 15.8 Å². The van der Waals surface area contributed by atoms with Gasteiger partial charge in [-0.3, -0.25) is 4.79 Å². The molecule has 6 nitrogen and oxygen atoms in total. The standard InChI is InChI=1S/C22H27BrN2O4S/c1-3-29-20-10-6-17(7-11-20)16(2)24-22(26)18-5-4-14-25(15-18)30(27,28)21-12-8-19(23)9-13-21/h6-13,16,18H,3-5,14-15H2,1-2H3,(H,24,26). The average molecular weight is 495 g/mol. The van der Waals surface area contributed by atoms with Gasteiger partial charge in [-0.05, 0) is 68.7 Å². The minimum absolute atomic E-state index is 0.118. The van der Waals surface area contributed by atoms with Crippen molar-refractivity contribution in [3.8, 4) is 5.75 Å². The molecule has 3 rings (SSSR count). The summed E-state index contributed by atoms with van der Waals surface area (Å²) in [4.78, 5) is 13.1. The Morgan fingerprint density at radius 3 is 2.50 bits per heavy atom. The molecule has 0 aromatic heterocycles. The van der Waals surface area contributed by atoms with Crippen LogP contribution in [0.15, 0.2) is 57.9 Å². The average Bonchev–Trinajstić information content (AvgIpc) is 2.75. The monoisotopic (exact) mass is 494 g/mol. The van der Waals surface area contributed by atoms with Gasteiger partial charge in [0.05, 0.1) is 23.5 Å².